The second-order valence-electron chi connectivity index (χ2n) is 5.84. The van der Waals surface area contributed by atoms with Crippen molar-refractivity contribution in [3.63, 3.8) is 0 Å². The fraction of sp³-hybridized carbons (Fsp3) is 0.647. The van der Waals surface area contributed by atoms with Gasteiger partial charge < -0.3 is 19.9 Å². The van der Waals surface area contributed by atoms with Crippen molar-refractivity contribution in [2.45, 2.75) is 19.4 Å². The molecule has 1 aromatic carbocycles. The number of nitrogens with one attached hydrogen (secondary N) is 1. The SMILES string of the molecule is CCNC(CN1CCCN(C)CC1)c1cccc(OC)c1. The largest absolute Gasteiger partial charge is 0.497 e. The van der Waals surface area contributed by atoms with Gasteiger partial charge in [-0.25, -0.2) is 0 Å². The fourth-order valence-electron chi connectivity index (χ4n) is 2.93. The van der Waals surface area contributed by atoms with Gasteiger partial charge in [-0.2, -0.15) is 0 Å². The highest BCUT2D eigenvalue weighted by molar-refractivity contribution is 5.30. The molecule has 2 rings (SSSR count). The van der Waals surface area contributed by atoms with Gasteiger partial charge in [0.15, 0.2) is 0 Å². The molecule has 0 aromatic heterocycles. The van der Waals surface area contributed by atoms with E-state index in [1.165, 1.54) is 25.1 Å². The Balaban J connectivity index is 2.03. The Labute approximate surface area is 129 Å². The molecule has 4 nitrogen and oxygen atoms in total. The molecule has 0 saturated carbocycles. The van der Waals surface area contributed by atoms with Crippen LogP contribution in [0, 0.1) is 0 Å². The van der Waals surface area contributed by atoms with Crippen molar-refractivity contribution >= 4 is 0 Å². The quantitative estimate of drug-likeness (QED) is 0.867. The molecule has 1 aliphatic heterocycles. The topological polar surface area (TPSA) is 27.7 Å². The third-order valence-electron chi connectivity index (χ3n) is 4.20. The van der Waals surface area contributed by atoms with E-state index in [-0.39, 0.29) is 0 Å². The van der Waals surface area contributed by atoms with Gasteiger partial charge in [0, 0.05) is 25.7 Å². The standard InChI is InChI=1S/C17H29N3O/c1-4-18-17(15-7-5-8-16(13-15)21-3)14-20-10-6-9-19(2)11-12-20/h5,7-8,13,17-18H,4,6,9-12,14H2,1-3H3. The van der Waals surface area contributed by atoms with E-state index in [1.807, 2.05) is 6.07 Å². The van der Waals surface area contributed by atoms with Crippen molar-refractivity contribution in [3.8, 4) is 5.75 Å². The summed E-state index contributed by atoms with van der Waals surface area (Å²) < 4.78 is 5.36. The van der Waals surface area contributed by atoms with Gasteiger partial charge in [-0.05, 0) is 50.8 Å². The summed E-state index contributed by atoms with van der Waals surface area (Å²) in [5, 5.41) is 3.62. The van der Waals surface area contributed by atoms with Crippen LogP contribution in [0.5, 0.6) is 5.75 Å². The molecule has 0 bridgehead atoms. The zero-order chi connectivity index (χ0) is 15.1. The van der Waals surface area contributed by atoms with Crippen molar-refractivity contribution < 1.29 is 4.74 Å². The van der Waals surface area contributed by atoms with E-state index < -0.39 is 0 Å². The fourth-order valence-corrected chi connectivity index (χ4v) is 2.93. The molecule has 0 radical (unpaired) electrons. The molecule has 1 fully saturated rings. The zero-order valence-corrected chi connectivity index (χ0v) is 13.6. The van der Waals surface area contributed by atoms with Gasteiger partial charge >= 0.3 is 0 Å². The summed E-state index contributed by atoms with van der Waals surface area (Å²) >= 11 is 0. The Morgan fingerprint density at radius 3 is 2.86 bits per heavy atom. The molecule has 1 unspecified atom stereocenters. The van der Waals surface area contributed by atoms with E-state index >= 15 is 0 Å². The first-order chi connectivity index (χ1) is 10.2. The predicted octanol–water partition coefficient (Wildman–Crippen LogP) is 1.98. The van der Waals surface area contributed by atoms with Crippen molar-refractivity contribution in [2.24, 2.45) is 0 Å². The first-order valence-corrected chi connectivity index (χ1v) is 8.01. The Hall–Kier alpha value is -1.10. The highest BCUT2D eigenvalue weighted by Crippen LogP contribution is 2.20. The average Bonchev–Trinajstić information content (AvgIpc) is 2.71. The van der Waals surface area contributed by atoms with Crippen LogP contribution < -0.4 is 10.1 Å². The van der Waals surface area contributed by atoms with E-state index in [9.17, 15) is 0 Å². The number of likely N-dealkylation sites (N-methyl/N-ethyl adjacent to an activating group) is 2. The smallest absolute Gasteiger partial charge is 0.119 e. The number of ether oxygens (including phenoxy) is 1. The van der Waals surface area contributed by atoms with Crippen LogP contribution in [-0.2, 0) is 0 Å². The number of rotatable bonds is 6. The third-order valence-corrected chi connectivity index (χ3v) is 4.20. The number of benzene rings is 1. The zero-order valence-electron chi connectivity index (χ0n) is 13.6. The molecule has 1 heterocycles. The molecule has 0 spiro atoms. The Bertz CT molecular complexity index is 424. The normalized spacial score (nSPS) is 19.2. The number of hydrogen-bond acceptors (Lipinski definition) is 4. The van der Waals surface area contributed by atoms with Gasteiger partial charge in [-0.1, -0.05) is 19.1 Å². The maximum atomic E-state index is 5.36. The maximum Gasteiger partial charge on any atom is 0.119 e. The van der Waals surface area contributed by atoms with Gasteiger partial charge in [0.1, 0.15) is 5.75 Å². The molecule has 0 amide bonds. The van der Waals surface area contributed by atoms with Crippen LogP contribution in [0.4, 0.5) is 0 Å². The molecule has 1 aromatic rings. The van der Waals surface area contributed by atoms with E-state index in [4.69, 9.17) is 4.74 Å². The van der Waals surface area contributed by atoms with Crippen LogP contribution in [0.25, 0.3) is 0 Å². The second kappa shape index (κ2) is 8.37. The molecule has 118 valence electrons. The monoisotopic (exact) mass is 291 g/mol. The van der Waals surface area contributed by atoms with Gasteiger partial charge in [-0.3, -0.25) is 0 Å². The van der Waals surface area contributed by atoms with Crippen LogP contribution in [-0.4, -0.2) is 63.2 Å². The van der Waals surface area contributed by atoms with Crippen LogP contribution in [0.1, 0.15) is 24.9 Å². The lowest BCUT2D eigenvalue weighted by Gasteiger charge is -2.27. The van der Waals surface area contributed by atoms with Crippen LogP contribution in [0.2, 0.25) is 0 Å². The van der Waals surface area contributed by atoms with Gasteiger partial charge in [0.25, 0.3) is 0 Å². The summed E-state index contributed by atoms with van der Waals surface area (Å²) in [7, 11) is 3.94. The second-order valence-corrected chi connectivity index (χ2v) is 5.84. The lowest BCUT2D eigenvalue weighted by Crippen LogP contribution is -2.37. The highest BCUT2D eigenvalue weighted by atomic mass is 16.5. The molecular weight excluding hydrogens is 262 g/mol. The van der Waals surface area contributed by atoms with E-state index in [1.54, 1.807) is 7.11 Å². The molecular formula is C17H29N3O. The lowest BCUT2D eigenvalue weighted by atomic mass is 10.1. The van der Waals surface area contributed by atoms with Crippen molar-refractivity contribution in [3.05, 3.63) is 29.8 Å². The van der Waals surface area contributed by atoms with E-state index in [2.05, 4.69) is 47.3 Å². The number of methoxy groups -OCH3 is 1. The summed E-state index contributed by atoms with van der Waals surface area (Å²) in [6, 6.07) is 8.80. The number of hydrogen-bond donors (Lipinski definition) is 1. The summed E-state index contributed by atoms with van der Waals surface area (Å²) in [6.45, 7) is 8.94. The highest BCUT2D eigenvalue weighted by Gasteiger charge is 2.18. The maximum absolute atomic E-state index is 5.36. The molecule has 1 saturated heterocycles. The molecule has 0 aliphatic carbocycles. The van der Waals surface area contributed by atoms with Crippen LogP contribution in [0.15, 0.2) is 24.3 Å². The Kier molecular flexibility index (Phi) is 6.49. The Morgan fingerprint density at radius 2 is 2.10 bits per heavy atom. The summed E-state index contributed by atoms with van der Waals surface area (Å²) in [5.41, 5.74) is 1.31. The molecule has 1 atom stereocenters. The van der Waals surface area contributed by atoms with Crippen LogP contribution >= 0.6 is 0 Å². The summed E-state index contributed by atoms with van der Waals surface area (Å²) in [4.78, 5) is 5.00. The first kappa shape index (κ1) is 16.3. The predicted molar refractivity (Wildman–Crippen MR) is 88.0 cm³/mol. The minimum Gasteiger partial charge on any atom is -0.497 e. The van der Waals surface area contributed by atoms with Crippen molar-refractivity contribution in [1.29, 1.82) is 0 Å². The molecule has 1 aliphatic rings. The van der Waals surface area contributed by atoms with Gasteiger partial charge in [0.05, 0.1) is 7.11 Å². The van der Waals surface area contributed by atoms with Gasteiger partial charge in [-0.15, -0.1) is 0 Å². The Morgan fingerprint density at radius 1 is 1.24 bits per heavy atom. The lowest BCUT2D eigenvalue weighted by molar-refractivity contribution is 0.248. The third kappa shape index (κ3) is 4.99. The minimum absolute atomic E-state index is 0.369. The summed E-state index contributed by atoms with van der Waals surface area (Å²) in [5.74, 6) is 0.936. The molecule has 1 N–H and O–H groups in total. The summed E-state index contributed by atoms with van der Waals surface area (Å²) in [6.07, 6.45) is 1.26. The molecule has 4 heteroatoms. The van der Waals surface area contributed by atoms with E-state index in [0.717, 1.165) is 31.9 Å². The van der Waals surface area contributed by atoms with E-state index in [0.29, 0.717) is 6.04 Å². The first-order valence-electron chi connectivity index (χ1n) is 8.01. The minimum atomic E-state index is 0.369. The molecule has 21 heavy (non-hydrogen) atoms. The van der Waals surface area contributed by atoms with Crippen molar-refractivity contribution in [2.75, 3.05) is 53.4 Å². The average molecular weight is 291 g/mol. The van der Waals surface area contributed by atoms with Gasteiger partial charge in [0.2, 0.25) is 0 Å². The van der Waals surface area contributed by atoms with Crippen molar-refractivity contribution in [1.82, 2.24) is 15.1 Å². The number of nitrogens with zero attached hydrogens (tertiary/aromatic N) is 2. The van der Waals surface area contributed by atoms with Crippen LogP contribution in [0.3, 0.4) is 0 Å².